The third-order valence-electron chi connectivity index (χ3n) is 4.41. The summed E-state index contributed by atoms with van der Waals surface area (Å²) in [7, 11) is 0. The Hall–Kier alpha value is -0.930. The monoisotopic (exact) mass is 298 g/mol. The Morgan fingerprint density at radius 3 is 2.35 bits per heavy atom. The third-order valence-corrected chi connectivity index (χ3v) is 4.41. The first kappa shape index (κ1) is 17.1. The largest absolute Gasteiger partial charge is 0.508 e. The van der Waals surface area contributed by atoms with E-state index in [1.54, 1.807) is 0 Å². The molecule has 0 unspecified atom stereocenters. The Bertz CT molecular complexity index is 415. The first-order valence-corrected chi connectivity index (χ1v) is 7.50. The molecule has 4 heteroatoms. The number of phenols is 1. The van der Waals surface area contributed by atoms with E-state index in [-0.39, 0.29) is 18.4 Å². The molecule has 1 saturated carbocycles. The van der Waals surface area contributed by atoms with Crippen molar-refractivity contribution in [2.24, 2.45) is 11.7 Å². The zero-order valence-corrected chi connectivity index (χ0v) is 13.3. The molecule has 1 atom stereocenters. The van der Waals surface area contributed by atoms with Gasteiger partial charge in [-0.2, -0.15) is 0 Å². The van der Waals surface area contributed by atoms with E-state index >= 15 is 0 Å². The van der Waals surface area contributed by atoms with Gasteiger partial charge in [-0.15, -0.1) is 12.4 Å². The van der Waals surface area contributed by atoms with Crippen LogP contribution in [0, 0.1) is 5.92 Å². The quantitative estimate of drug-likeness (QED) is 0.868. The smallest absolute Gasteiger partial charge is 0.122 e. The summed E-state index contributed by atoms with van der Waals surface area (Å²) in [5.41, 5.74) is 8.30. The van der Waals surface area contributed by atoms with Crippen LogP contribution in [0.5, 0.6) is 5.75 Å². The van der Waals surface area contributed by atoms with E-state index in [2.05, 4.69) is 24.8 Å². The van der Waals surface area contributed by atoms with Gasteiger partial charge in [-0.25, -0.2) is 0 Å². The van der Waals surface area contributed by atoms with Crippen LogP contribution in [0.4, 0.5) is 5.69 Å². The number of rotatable bonds is 5. The van der Waals surface area contributed by atoms with Crippen LogP contribution in [0.3, 0.4) is 0 Å². The van der Waals surface area contributed by atoms with Crippen LogP contribution in [0.2, 0.25) is 0 Å². The molecule has 0 heterocycles. The van der Waals surface area contributed by atoms with Gasteiger partial charge >= 0.3 is 0 Å². The molecule has 0 radical (unpaired) electrons. The van der Waals surface area contributed by atoms with Gasteiger partial charge in [0.15, 0.2) is 0 Å². The molecule has 20 heavy (non-hydrogen) atoms. The zero-order chi connectivity index (χ0) is 13.8. The number of halogens is 1. The lowest BCUT2D eigenvalue weighted by molar-refractivity contribution is 0.412. The van der Waals surface area contributed by atoms with Crippen LogP contribution in [0.15, 0.2) is 18.2 Å². The summed E-state index contributed by atoms with van der Waals surface area (Å²) in [4.78, 5) is 2.23. The number of benzene rings is 1. The van der Waals surface area contributed by atoms with Crippen molar-refractivity contribution in [1.29, 1.82) is 0 Å². The van der Waals surface area contributed by atoms with Gasteiger partial charge in [-0.1, -0.05) is 18.9 Å². The number of phenolic OH excluding ortho intramolecular Hbond substituents is 1. The van der Waals surface area contributed by atoms with Crippen molar-refractivity contribution < 1.29 is 5.11 Å². The summed E-state index contributed by atoms with van der Waals surface area (Å²) >= 11 is 0. The first-order valence-electron chi connectivity index (χ1n) is 7.50. The predicted molar refractivity (Wildman–Crippen MR) is 87.8 cm³/mol. The Morgan fingerprint density at radius 1 is 1.25 bits per heavy atom. The molecular weight excluding hydrogens is 272 g/mol. The Kier molecular flexibility index (Phi) is 6.63. The van der Waals surface area contributed by atoms with Crippen molar-refractivity contribution in [2.45, 2.75) is 45.6 Å². The van der Waals surface area contributed by atoms with E-state index in [0.29, 0.717) is 11.7 Å². The summed E-state index contributed by atoms with van der Waals surface area (Å²) in [6.07, 6.45) is 4.93. The van der Waals surface area contributed by atoms with Gasteiger partial charge < -0.3 is 15.7 Å². The molecule has 1 aliphatic carbocycles. The highest BCUT2D eigenvalue weighted by molar-refractivity contribution is 5.85. The molecular formula is C16H27ClN2O. The molecule has 0 saturated heterocycles. The molecule has 0 aliphatic heterocycles. The van der Waals surface area contributed by atoms with Gasteiger partial charge in [0.2, 0.25) is 0 Å². The maximum atomic E-state index is 10.3. The molecule has 3 N–H and O–H groups in total. The standard InChI is InChI=1S/C16H26N2O.ClH/c1-3-18(4-2)13-9-10-14(15(19)11-13)16(17)12-7-5-6-8-12;/h9-12,16,19H,3-8,17H2,1-2H3;1H/t16-;/m1./s1. The van der Waals surface area contributed by atoms with Crippen molar-refractivity contribution in [1.82, 2.24) is 0 Å². The fourth-order valence-corrected chi connectivity index (χ4v) is 3.17. The summed E-state index contributed by atoms with van der Waals surface area (Å²) in [5.74, 6) is 0.883. The van der Waals surface area contributed by atoms with Crippen LogP contribution < -0.4 is 10.6 Å². The lowest BCUT2D eigenvalue weighted by Gasteiger charge is -2.24. The molecule has 0 bridgehead atoms. The molecule has 0 aromatic heterocycles. The molecule has 1 fully saturated rings. The highest BCUT2D eigenvalue weighted by Crippen LogP contribution is 2.38. The average molecular weight is 299 g/mol. The molecule has 1 aromatic rings. The van der Waals surface area contributed by atoms with Crippen molar-refractivity contribution >= 4 is 18.1 Å². The van der Waals surface area contributed by atoms with Crippen LogP contribution in [0.25, 0.3) is 0 Å². The number of hydrogen-bond donors (Lipinski definition) is 2. The molecule has 2 rings (SSSR count). The second-order valence-electron chi connectivity index (χ2n) is 5.49. The van der Waals surface area contributed by atoms with Gasteiger partial charge in [-0.05, 0) is 38.7 Å². The minimum Gasteiger partial charge on any atom is -0.508 e. The Labute approximate surface area is 128 Å². The summed E-state index contributed by atoms with van der Waals surface area (Å²) in [5, 5.41) is 10.3. The van der Waals surface area contributed by atoms with Crippen molar-refractivity contribution in [3.8, 4) is 5.75 Å². The van der Waals surface area contributed by atoms with E-state index in [1.165, 1.54) is 25.7 Å². The Balaban J connectivity index is 0.00000200. The van der Waals surface area contributed by atoms with Crippen molar-refractivity contribution in [2.75, 3.05) is 18.0 Å². The van der Waals surface area contributed by atoms with Gasteiger partial charge in [0.05, 0.1) is 0 Å². The summed E-state index contributed by atoms with van der Waals surface area (Å²) in [6, 6.07) is 5.92. The minimum atomic E-state index is -0.0201. The summed E-state index contributed by atoms with van der Waals surface area (Å²) < 4.78 is 0. The number of hydrogen-bond acceptors (Lipinski definition) is 3. The van der Waals surface area contributed by atoms with Gasteiger partial charge in [-0.3, -0.25) is 0 Å². The normalized spacial score (nSPS) is 16.8. The van der Waals surface area contributed by atoms with E-state index in [4.69, 9.17) is 5.73 Å². The number of nitrogens with two attached hydrogens (primary N) is 1. The predicted octanol–water partition coefficient (Wildman–Crippen LogP) is 3.85. The second kappa shape index (κ2) is 7.75. The van der Waals surface area contributed by atoms with E-state index < -0.39 is 0 Å². The zero-order valence-electron chi connectivity index (χ0n) is 12.5. The molecule has 1 aromatic carbocycles. The third kappa shape index (κ3) is 3.58. The molecule has 114 valence electrons. The highest BCUT2D eigenvalue weighted by atomic mass is 35.5. The Morgan fingerprint density at radius 2 is 1.85 bits per heavy atom. The molecule has 1 aliphatic rings. The highest BCUT2D eigenvalue weighted by Gasteiger charge is 2.25. The van der Waals surface area contributed by atoms with Crippen LogP contribution in [-0.4, -0.2) is 18.2 Å². The maximum Gasteiger partial charge on any atom is 0.122 e. The summed E-state index contributed by atoms with van der Waals surface area (Å²) in [6.45, 7) is 6.14. The van der Waals surface area contributed by atoms with E-state index in [9.17, 15) is 5.11 Å². The van der Waals surface area contributed by atoms with Gasteiger partial charge in [0.25, 0.3) is 0 Å². The van der Waals surface area contributed by atoms with Crippen LogP contribution in [0.1, 0.15) is 51.1 Å². The molecule has 0 amide bonds. The fraction of sp³-hybridized carbons (Fsp3) is 0.625. The van der Waals surface area contributed by atoms with E-state index in [0.717, 1.165) is 24.3 Å². The number of anilines is 1. The SMILES string of the molecule is CCN(CC)c1ccc([C@H](N)C2CCCC2)c(O)c1.Cl. The lowest BCUT2D eigenvalue weighted by atomic mass is 9.91. The molecule has 3 nitrogen and oxygen atoms in total. The minimum absolute atomic E-state index is 0. The van der Waals surface area contributed by atoms with Crippen LogP contribution >= 0.6 is 12.4 Å². The van der Waals surface area contributed by atoms with Crippen LogP contribution in [-0.2, 0) is 0 Å². The first-order chi connectivity index (χ1) is 9.17. The average Bonchev–Trinajstić information content (AvgIpc) is 2.93. The molecule has 0 spiro atoms. The van der Waals surface area contributed by atoms with Crippen molar-refractivity contribution in [3.05, 3.63) is 23.8 Å². The van der Waals surface area contributed by atoms with Gasteiger partial charge in [0, 0.05) is 36.4 Å². The number of nitrogens with zero attached hydrogens (tertiary/aromatic N) is 1. The fourth-order valence-electron chi connectivity index (χ4n) is 3.17. The maximum absolute atomic E-state index is 10.3. The second-order valence-corrected chi connectivity index (χ2v) is 5.49. The number of aromatic hydroxyl groups is 1. The topological polar surface area (TPSA) is 49.5 Å². The van der Waals surface area contributed by atoms with E-state index in [1.807, 2.05) is 12.1 Å². The van der Waals surface area contributed by atoms with Gasteiger partial charge in [0.1, 0.15) is 5.75 Å². The van der Waals surface area contributed by atoms with Crippen molar-refractivity contribution in [3.63, 3.8) is 0 Å². The lowest BCUT2D eigenvalue weighted by Crippen LogP contribution is -2.22.